The molecule has 1 aromatic carbocycles. The van der Waals surface area contributed by atoms with Crippen LogP contribution in [0, 0.1) is 6.54 Å². The molecule has 71 valence electrons. The van der Waals surface area contributed by atoms with Crippen molar-refractivity contribution in [2.24, 2.45) is 0 Å². The zero-order valence-electron chi connectivity index (χ0n) is 8.03. The Morgan fingerprint density at radius 1 is 1.21 bits per heavy atom. The van der Waals surface area contributed by atoms with Crippen LogP contribution in [0.2, 0.25) is 0 Å². The Hall–Kier alpha value is -1.28. The summed E-state index contributed by atoms with van der Waals surface area (Å²) >= 11 is 0. The molecule has 1 N–H and O–H groups in total. The number of rotatable bonds is 2. The van der Waals surface area contributed by atoms with Crippen molar-refractivity contribution >= 4 is 10.9 Å². The highest BCUT2D eigenvalue weighted by Crippen LogP contribution is 2.19. The fraction of sp³-hybridized carbons (Fsp3) is 0.250. The summed E-state index contributed by atoms with van der Waals surface area (Å²) in [6, 6.07) is 10.6. The standard InChI is InChI=1S/C12H13N2/c1-2-5-12-10(4-1)8-11(13-12)9-14-6-3-7-14/h1-2,4-5,8-9,13H,3,6-7H2. The molecule has 1 aromatic heterocycles. The molecule has 1 fully saturated rings. The third-order valence-electron chi connectivity index (χ3n) is 2.76. The Labute approximate surface area is 83.5 Å². The predicted molar refractivity (Wildman–Crippen MR) is 57.9 cm³/mol. The van der Waals surface area contributed by atoms with Gasteiger partial charge in [-0.1, -0.05) is 18.2 Å². The van der Waals surface area contributed by atoms with E-state index in [1.807, 2.05) is 0 Å². The minimum atomic E-state index is 1.20. The lowest BCUT2D eigenvalue weighted by Crippen LogP contribution is -2.34. The lowest BCUT2D eigenvalue weighted by molar-refractivity contribution is 0.237. The molecule has 0 aliphatic carbocycles. The summed E-state index contributed by atoms with van der Waals surface area (Å²) in [6.45, 7) is 4.62. The van der Waals surface area contributed by atoms with Gasteiger partial charge in [0.1, 0.15) is 0 Å². The number of hydrogen-bond donors (Lipinski definition) is 1. The van der Waals surface area contributed by atoms with E-state index in [1.54, 1.807) is 0 Å². The van der Waals surface area contributed by atoms with E-state index in [9.17, 15) is 0 Å². The number of likely N-dealkylation sites (tertiary alicyclic amines) is 1. The summed E-state index contributed by atoms with van der Waals surface area (Å²) in [4.78, 5) is 5.74. The topological polar surface area (TPSA) is 19.0 Å². The molecule has 3 rings (SSSR count). The second-order valence-corrected chi connectivity index (χ2v) is 3.83. The second-order valence-electron chi connectivity index (χ2n) is 3.83. The maximum atomic E-state index is 3.40. The molecular weight excluding hydrogens is 172 g/mol. The van der Waals surface area contributed by atoms with Crippen LogP contribution in [-0.2, 0) is 0 Å². The minimum Gasteiger partial charge on any atom is -0.357 e. The Morgan fingerprint density at radius 2 is 2.07 bits per heavy atom. The van der Waals surface area contributed by atoms with Crippen LogP contribution in [0.4, 0.5) is 0 Å². The molecule has 14 heavy (non-hydrogen) atoms. The summed E-state index contributed by atoms with van der Waals surface area (Å²) in [5, 5.41) is 1.29. The van der Waals surface area contributed by atoms with E-state index >= 15 is 0 Å². The van der Waals surface area contributed by atoms with Gasteiger partial charge in [0.25, 0.3) is 0 Å². The number of fused-ring (bicyclic) bond motifs is 1. The maximum absolute atomic E-state index is 3.40. The quantitative estimate of drug-likeness (QED) is 0.761. The monoisotopic (exact) mass is 185 g/mol. The minimum absolute atomic E-state index is 1.20. The highest BCUT2D eigenvalue weighted by molar-refractivity contribution is 5.80. The summed E-state index contributed by atoms with van der Waals surface area (Å²) in [5.41, 5.74) is 2.44. The summed E-state index contributed by atoms with van der Waals surface area (Å²) in [7, 11) is 0. The van der Waals surface area contributed by atoms with Crippen LogP contribution in [0.25, 0.3) is 10.9 Å². The van der Waals surface area contributed by atoms with Crippen molar-refractivity contribution < 1.29 is 0 Å². The van der Waals surface area contributed by atoms with E-state index in [1.165, 1.54) is 36.1 Å². The fourth-order valence-corrected chi connectivity index (χ4v) is 1.83. The highest BCUT2D eigenvalue weighted by Gasteiger charge is 2.14. The number of para-hydroxylation sites is 1. The zero-order chi connectivity index (χ0) is 9.38. The van der Waals surface area contributed by atoms with Crippen molar-refractivity contribution in [3.8, 4) is 0 Å². The van der Waals surface area contributed by atoms with Crippen LogP contribution in [0.15, 0.2) is 30.3 Å². The van der Waals surface area contributed by atoms with E-state index in [0.717, 1.165) is 0 Å². The van der Waals surface area contributed by atoms with Gasteiger partial charge in [-0.2, -0.15) is 0 Å². The van der Waals surface area contributed by atoms with E-state index < -0.39 is 0 Å². The Morgan fingerprint density at radius 3 is 2.79 bits per heavy atom. The number of aromatic nitrogens is 1. The van der Waals surface area contributed by atoms with Crippen molar-refractivity contribution in [3.63, 3.8) is 0 Å². The molecule has 2 nitrogen and oxygen atoms in total. The zero-order valence-corrected chi connectivity index (χ0v) is 8.03. The molecule has 0 saturated carbocycles. The molecule has 1 radical (unpaired) electrons. The molecule has 1 saturated heterocycles. The summed E-state index contributed by atoms with van der Waals surface area (Å²) in [5.74, 6) is 0. The second kappa shape index (κ2) is 3.14. The molecule has 0 spiro atoms. The number of nitrogens with zero attached hydrogens (tertiary/aromatic N) is 1. The SMILES string of the molecule is [CH](c1cc2ccccc2[nH]1)N1CCC1. The summed E-state index contributed by atoms with van der Waals surface area (Å²) < 4.78 is 0. The van der Waals surface area contributed by atoms with Crippen LogP contribution >= 0.6 is 0 Å². The van der Waals surface area contributed by atoms with Crippen LogP contribution in [-0.4, -0.2) is 23.0 Å². The highest BCUT2D eigenvalue weighted by atomic mass is 15.2. The van der Waals surface area contributed by atoms with Gasteiger partial charge < -0.3 is 4.98 Å². The Balaban J connectivity index is 1.89. The lowest BCUT2D eigenvalue weighted by atomic mass is 10.2. The van der Waals surface area contributed by atoms with Crippen molar-refractivity contribution in [2.45, 2.75) is 6.42 Å². The maximum Gasteiger partial charge on any atom is 0.0713 e. The van der Waals surface area contributed by atoms with Gasteiger partial charge in [-0.3, -0.25) is 4.90 Å². The van der Waals surface area contributed by atoms with Crippen LogP contribution in [0.3, 0.4) is 0 Å². The van der Waals surface area contributed by atoms with Crippen molar-refractivity contribution in [2.75, 3.05) is 13.1 Å². The van der Waals surface area contributed by atoms with E-state index in [0.29, 0.717) is 0 Å². The number of nitrogens with one attached hydrogen (secondary N) is 1. The Kier molecular flexibility index (Phi) is 1.81. The third kappa shape index (κ3) is 1.32. The average Bonchev–Trinajstić information content (AvgIpc) is 2.53. The van der Waals surface area contributed by atoms with Crippen LogP contribution in [0.1, 0.15) is 12.1 Å². The lowest BCUT2D eigenvalue weighted by Gasteiger charge is -2.29. The summed E-state index contributed by atoms with van der Waals surface area (Å²) in [6.07, 6.45) is 1.33. The molecular formula is C12H13N2. The van der Waals surface area contributed by atoms with Gasteiger partial charge in [0.05, 0.1) is 6.54 Å². The van der Waals surface area contributed by atoms with Crippen molar-refractivity contribution in [1.82, 2.24) is 9.88 Å². The molecule has 0 amide bonds. The molecule has 0 atom stereocenters. The number of hydrogen-bond acceptors (Lipinski definition) is 1. The van der Waals surface area contributed by atoms with Crippen molar-refractivity contribution in [3.05, 3.63) is 42.6 Å². The predicted octanol–water partition coefficient (Wildman–Crippen LogP) is 2.38. The molecule has 0 unspecified atom stereocenters. The number of benzene rings is 1. The molecule has 1 aliphatic rings. The van der Waals surface area contributed by atoms with E-state index in [2.05, 4.69) is 46.8 Å². The van der Waals surface area contributed by atoms with Gasteiger partial charge in [0, 0.05) is 24.3 Å². The van der Waals surface area contributed by atoms with Gasteiger partial charge in [0.2, 0.25) is 0 Å². The molecule has 2 heteroatoms. The largest absolute Gasteiger partial charge is 0.357 e. The van der Waals surface area contributed by atoms with Gasteiger partial charge >= 0.3 is 0 Å². The molecule has 1 aliphatic heterocycles. The van der Waals surface area contributed by atoms with Gasteiger partial charge in [-0.25, -0.2) is 0 Å². The first-order chi connectivity index (χ1) is 6.92. The first-order valence-electron chi connectivity index (χ1n) is 5.08. The van der Waals surface area contributed by atoms with Crippen LogP contribution in [0.5, 0.6) is 0 Å². The first kappa shape index (κ1) is 8.06. The fourth-order valence-electron chi connectivity index (χ4n) is 1.83. The molecule has 2 aromatic rings. The smallest absolute Gasteiger partial charge is 0.0713 e. The number of H-pyrrole nitrogens is 1. The molecule has 2 heterocycles. The first-order valence-corrected chi connectivity index (χ1v) is 5.08. The van der Waals surface area contributed by atoms with Gasteiger partial charge in [-0.05, 0) is 23.9 Å². The van der Waals surface area contributed by atoms with E-state index in [4.69, 9.17) is 0 Å². The van der Waals surface area contributed by atoms with E-state index in [-0.39, 0.29) is 0 Å². The van der Waals surface area contributed by atoms with Gasteiger partial charge in [0.15, 0.2) is 0 Å². The average molecular weight is 185 g/mol. The van der Waals surface area contributed by atoms with Crippen LogP contribution < -0.4 is 0 Å². The van der Waals surface area contributed by atoms with Gasteiger partial charge in [-0.15, -0.1) is 0 Å². The third-order valence-corrected chi connectivity index (χ3v) is 2.76. The normalized spacial score (nSPS) is 17.1. The van der Waals surface area contributed by atoms with Crippen molar-refractivity contribution in [1.29, 1.82) is 0 Å². The number of aromatic amines is 1. The molecule has 0 bridgehead atoms. The Bertz CT molecular complexity index is 407.